The number of fused-ring (bicyclic) bond motifs is 1. The van der Waals surface area contributed by atoms with E-state index in [9.17, 15) is 14.4 Å². The van der Waals surface area contributed by atoms with E-state index in [4.69, 9.17) is 16.3 Å². The number of benzene rings is 2. The van der Waals surface area contributed by atoms with Crippen LogP contribution in [0.2, 0.25) is 5.02 Å². The van der Waals surface area contributed by atoms with Crippen LogP contribution in [-0.2, 0) is 4.79 Å². The van der Waals surface area contributed by atoms with Crippen molar-refractivity contribution in [1.29, 1.82) is 0 Å². The van der Waals surface area contributed by atoms with Crippen LogP contribution in [0.4, 0.5) is 0 Å². The zero-order chi connectivity index (χ0) is 17.8. The fourth-order valence-electron chi connectivity index (χ4n) is 2.48. The van der Waals surface area contributed by atoms with Gasteiger partial charge in [0.25, 0.3) is 17.7 Å². The first kappa shape index (κ1) is 17.0. The lowest BCUT2D eigenvalue weighted by molar-refractivity contribution is -0.123. The number of hydrogen-bond donors (Lipinski definition) is 1. The third-order valence-electron chi connectivity index (χ3n) is 3.72. The first-order valence-electron chi connectivity index (χ1n) is 7.66. The lowest BCUT2D eigenvalue weighted by Gasteiger charge is -2.14. The second-order valence-corrected chi connectivity index (χ2v) is 5.84. The second kappa shape index (κ2) is 7.36. The molecule has 6 nitrogen and oxygen atoms in total. The zero-order valence-corrected chi connectivity index (χ0v) is 14.0. The molecule has 3 amide bonds. The molecule has 0 aliphatic carbocycles. The molecular weight excluding hydrogens is 344 g/mol. The van der Waals surface area contributed by atoms with Crippen LogP contribution in [0.25, 0.3) is 0 Å². The summed E-state index contributed by atoms with van der Waals surface area (Å²) in [6.07, 6.45) is 0. The van der Waals surface area contributed by atoms with Gasteiger partial charge in [0.2, 0.25) is 0 Å². The van der Waals surface area contributed by atoms with E-state index in [2.05, 4.69) is 5.32 Å². The third kappa shape index (κ3) is 3.80. The van der Waals surface area contributed by atoms with Gasteiger partial charge in [-0.05, 0) is 36.4 Å². The van der Waals surface area contributed by atoms with E-state index in [1.165, 1.54) is 0 Å². The Morgan fingerprint density at radius 3 is 2.20 bits per heavy atom. The fourth-order valence-corrected chi connectivity index (χ4v) is 2.61. The molecule has 1 N–H and O–H groups in total. The van der Waals surface area contributed by atoms with E-state index >= 15 is 0 Å². The fraction of sp³-hybridized carbons (Fsp3) is 0.167. The highest BCUT2D eigenvalue weighted by Crippen LogP contribution is 2.21. The molecule has 0 fully saturated rings. The predicted molar refractivity (Wildman–Crippen MR) is 91.8 cm³/mol. The maximum atomic E-state index is 12.2. The van der Waals surface area contributed by atoms with E-state index in [0.29, 0.717) is 21.9 Å². The molecular formula is C18H15ClN2O4. The molecule has 25 heavy (non-hydrogen) atoms. The summed E-state index contributed by atoms with van der Waals surface area (Å²) in [5, 5.41) is 3.20. The molecule has 128 valence electrons. The molecule has 0 saturated heterocycles. The molecule has 2 aromatic rings. The number of halogens is 1. The van der Waals surface area contributed by atoms with E-state index < -0.39 is 0 Å². The SMILES string of the molecule is O=C(COc1ccc(Cl)cc1)NCCN1C(=O)c2ccccc2C1=O. The summed E-state index contributed by atoms with van der Waals surface area (Å²) in [4.78, 5) is 37.3. The van der Waals surface area contributed by atoms with E-state index in [-0.39, 0.29) is 37.4 Å². The van der Waals surface area contributed by atoms with Crippen molar-refractivity contribution in [2.24, 2.45) is 0 Å². The van der Waals surface area contributed by atoms with Crippen LogP contribution < -0.4 is 10.1 Å². The van der Waals surface area contributed by atoms with Crippen molar-refractivity contribution < 1.29 is 19.1 Å². The van der Waals surface area contributed by atoms with Crippen LogP contribution in [0.5, 0.6) is 5.75 Å². The van der Waals surface area contributed by atoms with Gasteiger partial charge >= 0.3 is 0 Å². The van der Waals surface area contributed by atoms with Gasteiger partial charge in [0.15, 0.2) is 6.61 Å². The van der Waals surface area contributed by atoms with Crippen molar-refractivity contribution in [3.8, 4) is 5.75 Å². The van der Waals surface area contributed by atoms with Gasteiger partial charge in [-0.1, -0.05) is 23.7 Å². The van der Waals surface area contributed by atoms with Gasteiger partial charge in [-0.3, -0.25) is 19.3 Å². The van der Waals surface area contributed by atoms with Gasteiger partial charge in [0.1, 0.15) is 5.75 Å². The van der Waals surface area contributed by atoms with Crippen molar-refractivity contribution in [1.82, 2.24) is 10.2 Å². The first-order valence-corrected chi connectivity index (χ1v) is 8.04. The van der Waals surface area contributed by atoms with Gasteiger partial charge in [-0.15, -0.1) is 0 Å². The molecule has 7 heteroatoms. The predicted octanol–water partition coefficient (Wildman–Crippen LogP) is 2.13. The molecule has 1 aliphatic rings. The lowest BCUT2D eigenvalue weighted by atomic mass is 10.1. The van der Waals surface area contributed by atoms with Crippen LogP contribution in [0, 0.1) is 0 Å². The summed E-state index contributed by atoms with van der Waals surface area (Å²) in [5.41, 5.74) is 0.787. The maximum Gasteiger partial charge on any atom is 0.261 e. The molecule has 0 unspecified atom stereocenters. The molecule has 0 atom stereocenters. The van der Waals surface area contributed by atoms with E-state index in [1.54, 1.807) is 48.5 Å². The summed E-state index contributed by atoms with van der Waals surface area (Å²) in [5.74, 6) is -0.494. The Bertz CT molecular complexity index is 785. The molecule has 0 saturated carbocycles. The topological polar surface area (TPSA) is 75.7 Å². The number of amides is 3. The molecule has 0 spiro atoms. The Morgan fingerprint density at radius 2 is 1.60 bits per heavy atom. The van der Waals surface area contributed by atoms with Crippen LogP contribution in [-0.4, -0.2) is 42.3 Å². The monoisotopic (exact) mass is 358 g/mol. The molecule has 1 aliphatic heterocycles. The van der Waals surface area contributed by atoms with Crippen LogP contribution in [0.3, 0.4) is 0 Å². The Balaban J connectivity index is 1.45. The minimum atomic E-state index is -0.341. The molecule has 1 heterocycles. The summed E-state index contributed by atoms with van der Waals surface area (Å²) >= 11 is 5.77. The summed E-state index contributed by atoms with van der Waals surface area (Å²) in [6.45, 7) is 0.108. The largest absolute Gasteiger partial charge is 0.484 e. The number of rotatable bonds is 6. The van der Waals surface area contributed by atoms with Gasteiger partial charge in [0, 0.05) is 18.1 Å². The van der Waals surface area contributed by atoms with Crippen LogP contribution in [0.15, 0.2) is 48.5 Å². The average Bonchev–Trinajstić information content (AvgIpc) is 2.86. The number of carbonyl (C=O) groups excluding carboxylic acids is 3. The minimum Gasteiger partial charge on any atom is -0.484 e. The van der Waals surface area contributed by atoms with E-state index in [1.807, 2.05) is 0 Å². The van der Waals surface area contributed by atoms with Crippen molar-refractivity contribution in [2.45, 2.75) is 0 Å². The number of imide groups is 1. The maximum absolute atomic E-state index is 12.2. The van der Waals surface area contributed by atoms with Crippen molar-refractivity contribution in [2.75, 3.05) is 19.7 Å². The van der Waals surface area contributed by atoms with Crippen molar-refractivity contribution in [3.63, 3.8) is 0 Å². The number of hydrogen-bond acceptors (Lipinski definition) is 4. The standard InChI is InChI=1S/C18H15ClN2O4/c19-12-5-7-13(8-6-12)25-11-16(22)20-9-10-21-17(23)14-3-1-2-4-15(14)18(21)24/h1-8H,9-11H2,(H,20,22). The average molecular weight is 359 g/mol. The first-order chi connectivity index (χ1) is 12.1. The zero-order valence-electron chi connectivity index (χ0n) is 13.2. The molecule has 0 bridgehead atoms. The Morgan fingerprint density at radius 1 is 1.00 bits per heavy atom. The highest BCUT2D eigenvalue weighted by atomic mass is 35.5. The number of nitrogens with one attached hydrogen (secondary N) is 1. The summed E-state index contributed by atoms with van der Waals surface area (Å²) < 4.78 is 5.32. The minimum absolute atomic E-state index is 0.110. The lowest BCUT2D eigenvalue weighted by Crippen LogP contribution is -2.39. The molecule has 2 aromatic carbocycles. The molecule has 3 rings (SSSR count). The number of nitrogens with zero attached hydrogens (tertiary/aromatic N) is 1. The Hall–Kier alpha value is -2.86. The number of carbonyl (C=O) groups is 3. The normalized spacial score (nSPS) is 12.9. The molecule has 0 radical (unpaired) electrons. The third-order valence-corrected chi connectivity index (χ3v) is 3.97. The second-order valence-electron chi connectivity index (χ2n) is 5.40. The Kier molecular flexibility index (Phi) is 5.00. The van der Waals surface area contributed by atoms with Crippen LogP contribution in [0.1, 0.15) is 20.7 Å². The van der Waals surface area contributed by atoms with Crippen molar-refractivity contribution in [3.05, 3.63) is 64.7 Å². The summed E-state index contributed by atoms with van der Waals surface area (Å²) in [6, 6.07) is 13.3. The highest BCUT2D eigenvalue weighted by molar-refractivity contribution is 6.30. The quantitative estimate of drug-likeness (QED) is 0.803. The van der Waals surface area contributed by atoms with Gasteiger partial charge < -0.3 is 10.1 Å². The van der Waals surface area contributed by atoms with Gasteiger partial charge in [0.05, 0.1) is 11.1 Å². The Labute approximate surface area is 149 Å². The van der Waals surface area contributed by atoms with Crippen molar-refractivity contribution >= 4 is 29.3 Å². The van der Waals surface area contributed by atoms with Gasteiger partial charge in [-0.25, -0.2) is 0 Å². The molecule has 0 aromatic heterocycles. The highest BCUT2D eigenvalue weighted by Gasteiger charge is 2.34. The number of ether oxygens (including phenoxy) is 1. The van der Waals surface area contributed by atoms with Crippen LogP contribution >= 0.6 is 11.6 Å². The van der Waals surface area contributed by atoms with E-state index in [0.717, 1.165) is 4.90 Å². The summed E-state index contributed by atoms with van der Waals surface area (Å²) in [7, 11) is 0. The van der Waals surface area contributed by atoms with Gasteiger partial charge in [-0.2, -0.15) is 0 Å². The smallest absolute Gasteiger partial charge is 0.261 e.